The highest BCUT2D eigenvalue weighted by molar-refractivity contribution is 5.90. The van der Waals surface area contributed by atoms with Crippen molar-refractivity contribution in [3.05, 3.63) is 24.2 Å². The SMILES string of the molecule is O=C1NCC(C(=O)NCC(c2ccco2)N2CCCCC2)N1. The predicted molar refractivity (Wildman–Crippen MR) is 80.2 cm³/mol. The smallest absolute Gasteiger partial charge is 0.315 e. The van der Waals surface area contributed by atoms with E-state index in [1.807, 2.05) is 12.1 Å². The first-order chi connectivity index (χ1) is 10.7. The minimum absolute atomic E-state index is 0.0457. The zero-order valence-electron chi connectivity index (χ0n) is 12.5. The number of likely N-dealkylation sites (tertiary alicyclic amines) is 1. The van der Waals surface area contributed by atoms with Crippen LogP contribution in [0.25, 0.3) is 0 Å². The van der Waals surface area contributed by atoms with Crippen LogP contribution in [0.15, 0.2) is 22.8 Å². The zero-order chi connectivity index (χ0) is 15.4. The lowest BCUT2D eigenvalue weighted by Gasteiger charge is -2.33. The Morgan fingerprint density at radius 3 is 2.86 bits per heavy atom. The summed E-state index contributed by atoms with van der Waals surface area (Å²) in [7, 11) is 0. The molecule has 2 atom stereocenters. The summed E-state index contributed by atoms with van der Waals surface area (Å²) >= 11 is 0. The van der Waals surface area contributed by atoms with E-state index in [4.69, 9.17) is 4.42 Å². The molecule has 7 heteroatoms. The van der Waals surface area contributed by atoms with Crippen LogP contribution < -0.4 is 16.0 Å². The summed E-state index contributed by atoms with van der Waals surface area (Å²) in [5.74, 6) is 0.711. The van der Waals surface area contributed by atoms with Gasteiger partial charge in [0.25, 0.3) is 0 Å². The molecule has 3 heterocycles. The zero-order valence-corrected chi connectivity index (χ0v) is 12.5. The number of carbonyl (C=O) groups is 2. The minimum atomic E-state index is -0.494. The van der Waals surface area contributed by atoms with Gasteiger partial charge in [-0.2, -0.15) is 0 Å². The Morgan fingerprint density at radius 1 is 1.41 bits per heavy atom. The Bertz CT molecular complexity index is 511. The number of carbonyl (C=O) groups excluding carboxylic acids is 2. The lowest BCUT2D eigenvalue weighted by atomic mass is 10.1. The summed E-state index contributed by atoms with van der Waals surface area (Å²) < 4.78 is 5.55. The molecule has 1 aromatic heterocycles. The quantitative estimate of drug-likeness (QED) is 0.744. The number of rotatable bonds is 5. The Balaban J connectivity index is 1.60. The molecule has 2 aliphatic heterocycles. The van der Waals surface area contributed by atoms with Crippen molar-refractivity contribution < 1.29 is 14.0 Å². The van der Waals surface area contributed by atoms with Crippen LogP contribution >= 0.6 is 0 Å². The van der Waals surface area contributed by atoms with Gasteiger partial charge in [-0.3, -0.25) is 9.69 Å². The molecule has 2 unspecified atom stereocenters. The molecule has 0 aromatic carbocycles. The maximum absolute atomic E-state index is 12.1. The van der Waals surface area contributed by atoms with Crippen molar-refractivity contribution in [3.63, 3.8) is 0 Å². The molecular weight excluding hydrogens is 284 g/mol. The highest BCUT2D eigenvalue weighted by Gasteiger charge is 2.29. The number of piperidine rings is 1. The van der Waals surface area contributed by atoms with Crippen molar-refractivity contribution in [2.45, 2.75) is 31.3 Å². The molecule has 3 rings (SSSR count). The standard InChI is InChI=1S/C15H22N4O3/c20-14(11-9-17-15(21)18-11)16-10-12(13-5-4-8-22-13)19-6-2-1-3-7-19/h4-5,8,11-12H,1-3,6-7,9-10H2,(H,16,20)(H2,17,18,21). The number of hydrogen-bond donors (Lipinski definition) is 3. The molecule has 0 aliphatic carbocycles. The topological polar surface area (TPSA) is 86.6 Å². The third kappa shape index (κ3) is 3.41. The molecule has 3 N–H and O–H groups in total. The minimum Gasteiger partial charge on any atom is -0.468 e. The van der Waals surface area contributed by atoms with E-state index in [-0.39, 0.29) is 18.0 Å². The van der Waals surface area contributed by atoms with Gasteiger partial charge in [-0.15, -0.1) is 0 Å². The van der Waals surface area contributed by atoms with E-state index in [0.29, 0.717) is 13.1 Å². The number of nitrogens with one attached hydrogen (secondary N) is 3. The molecule has 2 fully saturated rings. The lowest BCUT2D eigenvalue weighted by Crippen LogP contribution is -2.46. The Morgan fingerprint density at radius 2 is 2.23 bits per heavy atom. The van der Waals surface area contributed by atoms with Gasteiger partial charge in [-0.05, 0) is 38.1 Å². The van der Waals surface area contributed by atoms with Crippen molar-refractivity contribution in [3.8, 4) is 0 Å². The highest BCUT2D eigenvalue weighted by atomic mass is 16.3. The van der Waals surface area contributed by atoms with Gasteiger partial charge in [0, 0.05) is 13.1 Å². The normalized spacial score (nSPS) is 23.6. The molecule has 0 radical (unpaired) electrons. The summed E-state index contributed by atoms with van der Waals surface area (Å²) in [4.78, 5) is 25.6. The third-order valence-corrected chi connectivity index (χ3v) is 4.26. The summed E-state index contributed by atoms with van der Waals surface area (Å²) in [6.45, 7) is 2.85. The first-order valence-corrected chi connectivity index (χ1v) is 7.83. The average molecular weight is 306 g/mol. The Hall–Kier alpha value is -2.02. The Labute approximate surface area is 129 Å². The summed E-state index contributed by atoms with van der Waals surface area (Å²) in [6.07, 6.45) is 5.27. The molecule has 22 heavy (non-hydrogen) atoms. The van der Waals surface area contributed by atoms with Gasteiger partial charge in [0.15, 0.2) is 0 Å². The van der Waals surface area contributed by atoms with Crippen molar-refractivity contribution in [2.24, 2.45) is 0 Å². The number of amides is 3. The monoisotopic (exact) mass is 306 g/mol. The molecular formula is C15H22N4O3. The van der Waals surface area contributed by atoms with E-state index in [2.05, 4.69) is 20.9 Å². The second kappa shape index (κ2) is 6.83. The van der Waals surface area contributed by atoms with E-state index in [1.165, 1.54) is 19.3 Å². The van der Waals surface area contributed by atoms with Crippen LogP contribution in [0.5, 0.6) is 0 Å². The van der Waals surface area contributed by atoms with Crippen LogP contribution in [0.4, 0.5) is 4.79 Å². The lowest BCUT2D eigenvalue weighted by molar-refractivity contribution is -0.122. The van der Waals surface area contributed by atoms with E-state index < -0.39 is 6.04 Å². The molecule has 2 saturated heterocycles. The van der Waals surface area contributed by atoms with Crippen LogP contribution in [0.3, 0.4) is 0 Å². The number of urea groups is 1. The van der Waals surface area contributed by atoms with Gasteiger partial charge in [0.05, 0.1) is 12.3 Å². The first-order valence-electron chi connectivity index (χ1n) is 7.83. The maximum atomic E-state index is 12.1. The van der Waals surface area contributed by atoms with Crippen LogP contribution in [-0.4, -0.2) is 49.1 Å². The third-order valence-electron chi connectivity index (χ3n) is 4.26. The van der Waals surface area contributed by atoms with Crippen LogP contribution in [0.2, 0.25) is 0 Å². The molecule has 0 saturated carbocycles. The van der Waals surface area contributed by atoms with Gasteiger partial charge >= 0.3 is 6.03 Å². The van der Waals surface area contributed by atoms with Gasteiger partial charge < -0.3 is 20.4 Å². The summed E-state index contributed by atoms with van der Waals surface area (Å²) in [6, 6.07) is 3.08. The fourth-order valence-corrected chi connectivity index (χ4v) is 3.05. The van der Waals surface area contributed by atoms with Crippen LogP contribution in [0.1, 0.15) is 31.1 Å². The molecule has 0 bridgehead atoms. The van der Waals surface area contributed by atoms with Gasteiger partial charge in [0.1, 0.15) is 11.8 Å². The first kappa shape index (κ1) is 14.9. The summed E-state index contributed by atoms with van der Waals surface area (Å²) in [5.41, 5.74) is 0. The van der Waals surface area contributed by atoms with Crippen molar-refractivity contribution in [1.82, 2.24) is 20.9 Å². The maximum Gasteiger partial charge on any atom is 0.315 e. The number of furan rings is 1. The fourth-order valence-electron chi connectivity index (χ4n) is 3.05. The average Bonchev–Trinajstić information content (AvgIpc) is 3.20. The van der Waals surface area contributed by atoms with E-state index >= 15 is 0 Å². The molecule has 1 aromatic rings. The van der Waals surface area contributed by atoms with E-state index in [1.54, 1.807) is 6.26 Å². The van der Waals surface area contributed by atoms with Crippen molar-refractivity contribution in [2.75, 3.05) is 26.2 Å². The number of hydrogen-bond acceptors (Lipinski definition) is 4. The molecule has 7 nitrogen and oxygen atoms in total. The van der Waals surface area contributed by atoms with E-state index in [0.717, 1.165) is 18.8 Å². The highest BCUT2D eigenvalue weighted by Crippen LogP contribution is 2.24. The van der Waals surface area contributed by atoms with Gasteiger partial charge in [-0.25, -0.2) is 4.79 Å². The Kier molecular flexibility index (Phi) is 4.62. The van der Waals surface area contributed by atoms with Crippen LogP contribution in [-0.2, 0) is 4.79 Å². The molecule has 3 amide bonds. The summed E-state index contributed by atoms with van der Waals surface area (Å²) in [5, 5.41) is 8.12. The fraction of sp³-hybridized carbons (Fsp3) is 0.600. The number of nitrogens with zero attached hydrogens (tertiary/aromatic N) is 1. The largest absolute Gasteiger partial charge is 0.468 e. The van der Waals surface area contributed by atoms with Crippen molar-refractivity contribution >= 4 is 11.9 Å². The molecule has 2 aliphatic rings. The van der Waals surface area contributed by atoms with Gasteiger partial charge in [-0.1, -0.05) is 6.42 Å². The molecule has 120 valence electrons. The molecule has 0 spiro atoms. The van der Waals surface area contributed by atoms with Crippen molar-refractivity contribution in [1.29, 1.82) is 0 Å². The second-order valence-corrected chi connectivity index (χ2v) is 5.78. The van der Waals surface area contributed by atoms with Crippen LogP contribution in [0, 0.1) is 0 Å². The predicted octanol–water partition coefficient (Wildman–Crippen LogP) is 0.604. The van der Waals surface area contributed by atoms with E-state index in [9.17, 15) is 9.59 Å². The second-order valence-electron chi connectivity index (χ2n) is 5.78. The van der Waals surface area contributed by atoms with Gasteiger partial charge in [0.2, 0.25) is 5.91 Å².